The molecule has 0 aliphatic rings. The molecule has 2 rings (SSSR count). The van der Waals surface area contributed by atoms with Gasteiger partial charge in [-0.2, -0.15) is 13.8 Å². The van der Waals surface area contributed by atoms with Crippen molar-refractivity contribution in [2.24, 2.45) is 0 Å². The van der Waals surface area contributed by atoms with Crippen LogP contribution in [0.5, 0.6) is 0 Å². The zero-order chi connectivity index (χ0) is 14.9. The summed E-state index contributed by atoms with van der Waals surface area (Å²) in [6.07, 6.45) is 0. The molecule has 0 fully saturated rings. The highest BCUT2D eigenvalue weighted by Gasteiger charge is 2.23. The van der Waals surface area contributed by atoms with E-state index in [-0.39, 0.29) is 22.2 Å². The number of rotatable bonds is 3. The Hall–Kier alpha value is -2.09. The Morgan fingerprint density at radius 3 is 2.15 bits per heavy atom. The first-order chi connectivity index (χ1) is 9.41. The second-order valence-electron chi connectivity index (χ2n) is 3.55. The van der Waals surface area contributed by atoms with Crippen LogP contribution in [0, 0.1) is 23.5 Å². The lowest BCUT2D eigenvalue weighted by Gasteiger charge is -2.08. The highest BCUT2D eigenvalue weighted by atomic mass is 32.2. The Kier molecular flexibility index (Phi) is 3.93. The second kappa shape index (κ2) is 5.49. The van der Waals surface area contributed by atoms with Crippen molar-refractivity contribution in [2.45, 2.75) is 9.79 Å². The summed E-state index contributed by atoms with van der Waals surface area (Å²) in [5.41, 5.74) is -0.242. The summed E-state index contributed by atoms with van der Waals surface area (Å²) in [6.45, 7) is 0. The van der Waals surface area contributed by atoms with E-state index in [1.165, 1.54) is 24.3 Å². The van der Waals surface area contributed by atoms with E-state index in [4.69, 9.17) is 5.11 Å². The smallest absolute Gasteiger partial charge is 0.336 e. The molecule has 0 bridgehead atoms. The van der Waals surface area contributed by atoms with Crippen molar-refractivity contribution >= 4 is 17.7 Å². The number of benzene rings is 1. The van der Waals surface area contributed by atoms with E-state index < -0.39 is 34.4 Å². The van der Waals surface area contributed by atoms with E-state index in [1.54, 1.807) is 0 Å². The van der Waals surface area contributed by atoms with E-state index in [0.717, 1.165) is 0 Å². The van der Waals surface area contributed by atoms with Crippen LogP contribution in [-0.4, -0.2) is 16.1 Å². The molecule has 3 nitrogen and oxygen atoms in total. The molecule has 0 atom stereocenters. The number of hydrogen-bond acceptors (Lipinski definition) is 3. The van der Waals surface area contributed by atoms with Gasteiger partial charge in [0.25, 0.3) is 11.9 Å². The van der Waals surface area contributed by atoms with Gasteiger partial charge in [0.05, 0.1) is 10.5 Å². The molecule has 1 heterocycles. The van der Waals surface area contributed by atoms with Crippen LogP contribution in [0.4, 0.5) is 17.6 Å². The van der Waals surface area contributed by atoms with Gasteiger partial charge >= 0.3 is 5.97 Å². The number of pyridine rings is 1. The predicted molar refractivity (Wildman–Crippen MR) is 61.6 cm³/mol. The maximum atomic E-state index is 13.4. The molecule has 1 aromatic heterocycles. The molecular weight excluding hydrogens is 298 g/mol. The average Bonchev–Trinajstić information content (AvgIpc) is 2.41. The molecule has 8 heteroatoms. The lowest BCUT2D eigenvalue weighted by Crippen LogP contribution is -2.03. The minimum Gasteiger partial charge on any atom is -0.478 e. The summed E-state index contributed by atoms with van der Waals surface area (Å²) in [5, 5.41) is 8.93. The highest BCUT2D eigenvalue weighted by molar-refractivity contribution is 7.99. The lowest BCUT2D eigenvalue weighted by atomic mass is 10.2. The minimum atomic E-state index is -1.79. The normalized spacial score (nSPS) is 10.6. The largest absolute Gasteiger partial charge is 0.478 e. The molecule has 0 aliphatic carbocycles. The summed E-state index contributed by atoms with van der Waals surface area (Å²) in [5.74, 6) is -8.26. The molecule has 2 aromatic rings. The van der Waals surface area contributed by atoms with Crippen molar-refractivity contribution in [2.75, 3.05) is 0 Å². The van der Waals surface area contributed by atoms with Crippen LogP contribution in [-0.2, 0) is 0 Å². The topological polar surface area (TPSA) is 50.2 Å². The molecule has 104 valence electrons. The van der Waals surface area contributed by atoms with Gasteiger partial charge in [0.1, 0.15) is 0 Å². The molecule has 1 N–H and O–H groups in total. The summed E-state index contributed by atoms with van der Waals surface area (Å²) in [7, 11) is 0. The van der Waals surface area contributed by atoms with E-state index in [9.17, 15) is 22.4 Å². The Morgan fingerprint density at radius 1 is 1.05 bits per heavy atom. The zero-order valence-corrected chi connectivity index (χ0v) is 10.3. The molecular formula is C12H5F4NO2S. The minimum absolute atomic E-state index is 0.0530. The number of nitrogens with zero attached hydrogens (tertiary/aromatic N) is 1. The molecule has 20 heavy (non-hydrogen) atoms. The van der Waals surface area contributed by atoms with Crippen molar-refractivity contribution in [3.05, 3.63) is 53.4 Å². The van der Waals surface area contributed by atoms with Crippen molar-refractivity contribution < 1.29 is 27.5 Å². The van der Waals surface area contributed by atoms with Gasteiger partial charge in [-0.05, 0) is 12.1 Å². The zero-order valence-electron chi connectivity index (χ0n) is 9.53. The van der Waals surface area contributed by atoms with Gasteiger partial charge in [0, 0.05) is 4.90 Å². The van der Waals surface area contributed by atoms with Crippen LogP contribution in [0.15, 0.2) is 34.1 Å². The number of hydrogen-bond donors (Lipinski definition) is 1. The molecule has 0 amide bonds. The van der Waals surface area contributed by atoms with Crippen LogP contribution in [0.3, 0.4) is 0 Å². The highest BCUT2D eigenvalue weighted by Crippen LogP contribution is 2.35. The number of halogens is 4. The maximum absolute atomic E-state index is 13.4. The Labute approximate surface area is 114 Å². The van der Waals surface area contributed by atoms with Crippen molar-refractivity contribution in [1.29, 1.82) is 0 Å². The SMILES string of the molecule is O=C(O)c1ccccc1Sc1c(F)c(F)nc(F)c1F. The van der Waals surface area contributed by atoms with Gasteiger partial charge in [0.2, 0.25) is 0 Å². The lowest BCUT2D eigenvalue weighted by molar-refractivity contribution is 0.0693. The number of aromatic nitrogens is 1. The first-order valence-electron chi connectivity index (χ1n) is 5.12. The van der Waals surface area contributed by atoms with E-state index in [1.807, 2.05) is 0 Å². The van der Waals surface area contributed by atoms with Gasteiger partial charge in [-0.1, -0.05) is 23.9 Å². The number of aromatic carboxylic acids is 1. The molecule has 1 aromatic carbocycles. The van der Waals surface area contributed by atoms with Gasteiger partial charge in [0.15, 0.2) is 11.6 Å². The summed E-state index contributed by atoms with van der Waals surface area (Å²) in [6, 6.07) is 5.31. The predicted octanol–water partition coefficient (Wildman–Crippen LogP) is 3.49. The Morgan fingerprint density at radius 2 is 1.60 bits per heavy atom. The summed E-state index contributed by atoms with van der Waals surface area (Å²) in [4.78, 5) is 12.3. The quantitative estimate of drug-likeness (QED) is 0.696. The van der Waals surface area contributed by atoms with Crippen molar-refractivity contribution in [1.82, 2.24) is 4.98 Å². The Bertz CT molecular complexity index is 667. The van der Waals surface area contributed by atoms with Crippen LogP contribution in [0.1, 0.15) is 10.4 Å². The fraction of sp³-hybridized carbons (Fsp3) is 0. The third-order valence-electron chi connectivity index (χ3n) is 2.29. The summed E-state index contributed by atoms with van der Waals surface area (Å²) < 4.78 is 52.8. The van der Waals surface area contributed by atoms with E-state index in [2.05, 4.69) is 4.98 Å². The van der Waals surface area contributed by atoms with Gasteiger partial charge in [-0.3, -0.25) is 0 Å². The average molecular weight is 303 g/mol. The van der Waals surface area contributed by atoms with E-state index >= 15 is 0 Å². The van der Waals surface area contributed by atoms with Crippen LogP contribution >= 0.6 is 11.8 Å². The summed E-state index contributed by atoms with van der Waals surface area (Å²) >= 11 is 0.273. The Balaban J connectivity index is 2.54. The molecule has 0 saturated carbocycles. The van der Waals surface area contributed by atoms with Gasteiger partial charge < -0.3 is 5.11 Å². The monoisotopic (exact) mass is 303 g/mol. The number of carbonyl (C=O) groups is 1. The third kappa shape index (κ3) is 2.60. The van der Waals surface area contributed by atoms with Crippen LogP contribution in [0.25, 0.3) is 0 Å². The third-order valence-corrected chi connectivity index (χ3v) is 3.43. The molecule has 0 unspecified atom stereocenters. The van der Waals surface area contributed by atoms with Crippen LogP contribution < -0.4 is 0 Å². The molecule has 0 radical (unpaired) electrons. The van der Waals surface area contributed by atoms with Crippen molar-refractivity contribution in [3.63, 3.8) is 0 Å². The van der Waals surface area contributed by atoms with Crippen LogP contribution in [0.2, 0.25) is 0 Å². The fourth-order valence-corrected chi connectivity index (χ4v) is 2.38. The maximum Gasteiger partial charge on any atom is 0.336 e. The second-order valence-corrected chi connectivity index (χ2v) is 4.61. The first-order valence-corrected chi connectivity index (χ1v) is 5.93. The van der Waals surface area contributed by atoms with Crippen molar-refractivity contribution in [3.8, 4) is 0 Å². The van der Waals surface area contributed by atoms with Gasteiger partial charge in [-0.15, -0.1) is 0 Å². The first kappa shape index (κ1) is 14.3. The molecule has 0 saturated heterocycles. The number of carboxylic acid groups (broad SMARTS) is 1. The number of carboxylic acids is 1. The molecule has 0 spiro atoms. The van der Waals surface area contributed by atoms with Gasteiger partial charge in [-0.25, -0.2) is 13.6 Å². The fourth-order valence-electron chi connectivity index (χ4n) is 1.40. The standard InChI is InChI=1S/C12H5F4NO2S/c13-7-9(8(14)11(16)17-10(7)15)20-6-4-2-1-3-5(6)12(18)19/h1-4H,(H,18,19). The van der Waals surface area contributed by atoms with E-state index in [0.29, 0.717) is 0 Å². The molecule has 0 aliphatic heterocycles.